The number of hydrogen-bond donors (Lipinski definition) is 3. The highest BCUT2D eigenvalue weighted by molar-refractivity contribution is 5.78. The van der Waals surface area contributed by atoms with E-state index in [0.717, 1.165) is 11.1 Å². The van der Waals surface area contributed by atoms with Gasteiger partial charge in [-0.15, -0.1) is 0 Å². The second-order valence-corrected chi connectivity index (χ2v) is 4.50. The third-order valence-corrected chi connectivity index (χ3v) is 2.64. The van der Waals surface area contributed by atoms with Gasteiger partial charge in [-0.1, -0.05) is 24.3 Å². The zero-order valence-electron chi connectivity index (χ0n) is 11.5. The Kier molecular flexibility index (Phi) is 7.10. The van der Waals surface area contributed by atoms with E-state index in [1.165, 1.54) is 0 Å². The number of aliphatic hydroxyl groups is 1. The molecular weight excluding hydrogens is 244 g/mol. The molecule has 0 aliphatic rings. The topological polar surface area (TPSA) is 70.6 Å². The minimum atomic E-state index is -0.0449. The van der Waals surface area contributed by atoms with E-state index >= 15 is 0 Å². The number of hydrogen-bond acceptors (Lipinski definition) is 4. The first-order valence-electron chi connectivity index (χ1n) is 6.33. The lowest BCUT2D eigenvalue weighted by Crippen LogP contribution is -2.40. The Labute approximate surface area is 114 Å². The number of aliphatic hydroxyl groups excluding tert-OH is 1. The molecule has 0 saturated carbocycles. The minimum absolute atomic E-state index is 0.0168. The van der Waals surface area contributed by atoms with Gasteiger partial charge >= 0.3 is 0 Å². The number of ether oxygens (including phenoxy) is 1. The largest absolute Gasteiger partial charge is 0.392 e. The Balaban J connectivity index is 2.23. The highest BCUT2D eigenvalue weighted by Crippen LogP contribution is 2.03. The highest BCUT2D eigenvalue weighted by atomic mass is 16.5. The molecule has 1 unspecified atom stereocenters. The van der Waals surface area contributed by atoms with Gasteiger partial charge in [-0.2, -0.15) is 0 Å². The van der Waals surface area contributed by atoms with E-state index in [4.69, 9.17) is 9.84 Å². The van der Waals surface area contributed by atoms with Crippen molar-refractivity contribution in [2.75, 3.05) is 20.3 Å². The Morgan fingerprint density at radius 2 is 1.95 bits per heavy atom. The third-order valence-electron chi connectivity index (χ3n) is 2.64. The Morgan fingerprint density at radius 1 is 1.32 bits per heavy atom. The fourth-order valence-electron chi connectivity index (χ4n) is 1.70. The molecule has 106 valence electrons. The van der Waals surface area contributed by atoms with Crippen molar-refractivity contribution in [3.05, 3.63) is 35.4 Å². The maximum atomic E-state index is 11.6. The van der Waals surface area contributed by atoms with Crippen LogP contribution < -0.4 is 10.6 Å². The van der Waals surface area contributed by atoms with Crippen molar-refractivity contribution in [2.45, 2.75) is 26.1 Å². The van der Waals surface area contributed by atoms with Crippen LogP contribution in [0.3, 0.4) is 0 Å². The summed E-state index contributed by atoms with van der Waals surface area (Å²) in [6, 6.07) is 7.63. The van der Waals surface area contributed by atoms with Gasteiger partial charge in [0.25, 0.3) is 0 Å². The zero-order valence-corrected chi connectivity index (χ0v) is 11.5. The molecule has 5 nitrogen and oxygen atoms in total. The van der Waals surface area contributed by atoms with Crippen LogP contribution >= 0.6 is 0 Å². The highest BCUT2D eigenvalue weighted by Gasteiger charge is 2.06. The second-order valence-electron chi connectivity index (χ2n) is 4.50. The van der Waals surface area contributed by atoms with E-state index in [9.17, 15) is 4.79 Å². The first kappa shape index (κ1) is 15.6. The zero-order chi connectivity index (χ0) is 14.1. The maximum absolute atomic E-state index is 11.6. The second kappa shape index (κ2) is 8.63. The van der Waals surface area contributed by atoms with E-state index in [1.54, 1.807) is 7.11 Å². The van der Waals surface area contributed by atoms with E-state index < -0.39 is 0 Å². The third kappa shape index (κ3) is 6.33. The number of nitrogens with one attached hydrogen (secondary N) is 2. The van der Waals surface area contributed by atoms with Gasteiger partial charge in [0.2, 0.25) is 5.91 Å². The SMILES string of the molecule is COCC(C)NC(=O)CNCc1ccc(CO)cc1. The number of methoxy groups -OCH3 is 1. The molecule has 1 atom stereocenters. The van der Waals surface area contributed by atoms with Crippen LogP contribution in [0.2, 0.25) is 0 Å². The van der Waals surface area contributed by atoms with E-state index in [0.29, 0.717) is 13.2 Å². The van der Waals surface area contributed by atoms with E-state index in [1.807, 2.05) is 31.2 Å². The molecule has 0 heterocycles. The van der Waals surface area contributed by atoms with Crippen LogP contribution in [0.25, 0.3) is 0 Å². The Morgan fingerprint density at radius 3 is 2.53 bits per heavy atom. The van der Waals surface area contributed by atoms with Crippen molar-refractivity contribution in [2.24, 2.45) is 0 Å². The van der Waals surface area contributed by atoms with Gasteiger partial charge in [0.15, 0.2) is 0 Å². The van der Waals surface area contributed by atoms with Crippen LogP contribution in [-0.2, 0) is 22.7 Å². The molecular formula is C14H22N2O3. The molecule has 1 rings (SSSR count). The fourth-order valence-corrected chi connectivity index (χ4v) is 1.70. The van der Waals surface area contributed by atoms with Crippen LogP contribution in [-0.4, -0.2) is 37.3 Å². The summed E-state index contributed by atoms with van der Waals surface area (Å²) >= 11 is 0. The van der Waals surface area contributed by atoms with E-state index in [-0.39, 0.29) is 25.1 Å². The first-order valence-corrected chi connectivity index (χ1v) is 6.33. The van der Waals surface area contributed by atoms with Crippen LogP contribution in [0.4, 0.5) is 0 Å². The number of amides is 1. The summed E-state index contributed by atoms with van der Waals surface area (Å²) in [5.74, 6) is -0.0449. The van der Waals surface area contributed by atoms with Crippen molar-refractivity contribution in [1.82, 2.24) is 10.6 Å². The number of benzene rings is 1. The molecule has 3 N–H and O–H groups in total. The van der Waals surface area contributed by atoms with Gasteiger partial charge in [-0.25, -0.2) is 0 Å². The molecule has 5 heteroatoms. The molecule has 1 amide bonds. The number of rotatable bonds is 8. The van der Waals surface area contributed by atoms with Crippen molar-refractivity contribution in [3.63, 3.8) is 0 Å². The average molecular weight is 266 g/mol. The predicted octanol–water partition coefficient (Wildman–Crippen LogP) is 0.420. The standard InChI is InChI=1S/C14H22N2O3/c1-11(10-19-2)16-14(18)8-15-7-12-3-5-13(9-17)6-4-12/h3-6,11,15,17H,7-10H2,1-2H3,(H,16,18). The van der Waals surface area contributed by atoms with Crippen molar-refractivity contribution >= 4 is 5.91 Å². The normalized spacial score (nSPS) is 12.2. The molecule has 1 aromatic carbocycles. The fraction of sp³-hybridized carbons (Fsp3) is 0.500. The molecule has 0 saturated heterocycles. The first-order chi connectivity index (χ1) is 9.15. The lowest BCUT2D eigenvalue weighted by Gasteiger charge is -2.13. The van der Waals surface area contributed by atoms with Crippen LogP contribution in [0.5, 0.6) is 0 Å². The molecule has 0 aliphatic heterocycles. The van der Waals surface area contributed by atoms with Crippen molar-refractivity contribution in [1.29, 1.82) is 0 Å². The summed E-state index contributed by atoms with van der Waals surface area (Å²) in [6.07, 6.45) is 0. The van der Waals surface area contributed by atoms with Crippen molar-refractivity contribution in [3.8, 4) is 0 Å². The summed E-state index contributed by atoms with van der Waals surface area (Å²) in [5, 5.41) is 14.8. The quantitative estimate of drug-likeness (QED) is 0.638. The van der Waals surface area contributed by atoms with Gasteiger partial charge in [0, 0.05) is 19.7 Å². The lowest BCUT2D eigenvalue weighted by atomic mass is 10.1. The molecule has 0 aromatic heterocycles. The summed E-state index contributed by atoms with van der Waals surface area (Å²) in [7, 11) is 1.61. The summed E-state index contributed by atoms with van der Waals surface area (Å²) < 4.78 is 4.94. The summed E-state index contributed by atoms with van der Waals surface area (Å²) in [5.41, 5.74) is 1.96. The number of carbonyl (C=O) groups excluding carboxylic acids is 1. The lowest BCUT2D eigenvalue weighted by molar-refractivity contribution is -0.121. The molecule has 0 radical (unpaired) electrons. The van der Waals surface area contributed by atoms with Gasteiger partial charge in [-0.05, 0) is 18.1 Å². The predicted molar refractivity (Wildman–Crippen MR) is 73.6 cm³/mol. The molecule has 19 heavy (non-hydrogen) atoms. The Bertz CT molecular complexity index is 379. The monoisotopic (exact) mass is 266 g/mol. The maximum Gasteiger partial charge on any atom is 0.234 e. The van der Waals surface area contributed by atoms with Gasteiger partial charge in [0.05, 0.1) is 19.8 Å². The van der Waals surface area contributed by atoms with Gasteiger partial charge < -0.3 is 20.5 Å². The van der Waals surface area contributed by atoms with Gasteiger partial charge in [-0.3, -0.25) is 4.79 Å². The molecule has 1 aromatic rings. The average Bonchev–Trinajstić information content (AvgIpc) is 2.39. The number of carbonyl (C=O) groups is 1. The molecule has 0 fully saturated rings. The summed E-state index contributed by atoms with van der Waals surface area (Å²) in [6.45, 7) is 3.35. The molecule has 0 aliphatic carbocycles. The smallest absolute Gasteiger partial charge is 0.234 e. The van der Waals surface area contributed by atoms with E-state index in [2.05, 4.69) is 10.6 Å². The minimum Gasteiger partial charge on any atom is -0.392 e. The van der Waals surface area contributed by atoms with Gasteiger partial charge in [0.1, 0.15) is 0 Å². The van der Waals surface area contributed by atoms with Crippen molar-refractivity contribution < 1.29 is 14.6 Å². The molecule has 0 bridgehead atoms. The summed E-state index contributed by atoms with van der Waals surface area (Å²) in [4.78, 5) is 11.6. The van der Waals surface area contributed by atoms with Crippen LogP contribution in [0.1, 0.15) is 18.1 Å². The molecule has 0 spiro atoms. The Hall–Kier alpha value is -1.43. The van der Waals surface area contributed by atoms with Crippen LogP contribution in [0.15, 0.2) is 24.3 Å². The van der Waals surface area contributed by atoms with Crippen LogP contribution in [0, 0.1) is 0 Å².